The normalized spacial score (nSPS) is 12.7. The largest absolute Gasteiger partial charge is 0.310 e. The van der Waals surface area contributed by atoms with E-state index in [1.54, 1.807) is 0 Å². The fraction of sp³-hybridized carbons (Fsp3) is 0.0744. The van der Waals surface area contributed by atoms with E-state index in [9.17, 15) is 0 Å². The van der Waals surface area contributed by atoms with Crippen molar-refractivity contribution in [1.29, 1.82) is 0 Å². The minimum absolute atomic E-state index is 0.0543. The molecule has 4 aliphatic heterocycles. The van der Waals surface area contributed by atoms with Crippen LogP contribution in [0.25, 0.3) is 22.3 Å². The van der Waals surface area contributed by atoms with Crippen LogP contribution in [0.3, 0.4) is 0 Å². The summed E-state index contributed by atoms with van der Waals surface area (Å²) in [5.74, 6) is 0. The van der Waals surface area contributed by atoms with Gasteiger partial charge in [0.1, 0.15) is 0 Å². The van der Waals surface area contributed by atoms with Gasteiger partial charge in [0.15, 0.2) is 0 Å². The maximum absolute atomic E-state index is 3.74. The van der Waals surface area contributed by atoms with Gasteiger partial charge in [-0.15, -0.1) is 0 Å². The van der Waals surface area contributed by atoms with Crippen molar-refractivity contribution in [2.45, 2.75) is 58.8 Å². The van der Waals surface area contributed by atoms with Crippen molar-refractivity contribution in [3.63, 3.8) is 0 Å². The van der Waals surface area contributed by atoms with Crippen molar-refractivity contribution in [1.82, 2.24) is 0 Å². The van der Waals surface area contributed by atoms with Gasteiger partial charge in [0.25, 0.3) is 0 Å². The molecule has 0 aliphatic carbocycles. The smallest absolute Gasteiger partial charge is 0.0540 e. The van der Waals surface area contributed by atoms with Crippen LogP contribution in [-0.4, -0.2) is 0 Å². The molecule has 0 saturated heterocycles. The fourth-order valence-electron chi connectivity index (χ4n) is 18.8. The van der Waals surface area contributed by atoms with Crippen LogP contribution in [-0.2, 0) is 17.3 Å². The first-order chi connectivity index (χ1) is 63.1. The Morgan fingerprint density at radius 3 is 0.628 bits per heavy atom. The second-order valence-electron chi connectivity index (χ2n) is 35.1. The molecule has 22 rings (SSSR count). The monoisotopic (exact) mass is 1790 g/mol. The van der Waals surface area contributed by atoms with Crippen molar-refractivity contribution in [2.24, 2.45) is 0 Å². The molecule has 0 spiro atoms. The van der Waals surface area contributed by atoms with Gasteiger partial charge >= 0.3 is 0 Å². The number of nitrogens with zero attached hydrogens (tertiary/aromatic N) is 6. The molecule has 4 aliphatic rings. The van der Waals surface area contributed by atoms with Crippen molar-refractivity contribution in [2.75, 3.05) is 29.4 Å². The van der Waals surface area contributed by atoms with Crippen molar-refractivity contribution in [3.05, 3.63) is 537 Å². The molecule has 0 unspecified atom stereocenters. The molecule has 8 heteroatoms. The Balaban J connectivity index is 0.000000150. The number of para-hydroxylation sites is 12. The van der Waals surface area contributed by atoms with E-state index in [0.29, 0.717) is 0 Å². The topological polar surface area (TPSA) is 19.4 Å². The van der Waals surface area contributed by atoms with E-state index in [4.69, 9.17) is 0 Å². The van der Waals surface area contributed by atoms with Crippen LogP contribution in [0.15, 0.2) is 470 Å². The lowest BCUT2D eigenvalue weighted by molar-refractivity contribution is 0.590. The fourth-order valence-corrected chi connectivity index (χ4v) is 20.1. The predicted octanol–water partition coefficient (Wildman–Crippen LogP) is 34.9. The third-order valence-corrected chi connectivity index (χ3v) is 25.6. The number of benzene rings is 18. The Morgan fingerprint density at radius 2 is 0.395 bits per heavy atom. The Kier molecular flexibility index (Phi) is 22.7. The van der Waals surface area contributed by atoms with E-state index in [0.717, 1.165) is 106 Å². The Morgan fingerprint density at radius 1 is 0.194 bits per heavy atom. The van der Waals surface area contributed by atoms with Crippen LogP contribution in [0.4, 0.5) is 102 Å². The second-order valence-corrected chi connectivity index (χ2v) is 36.9. The van der Waals surface area contributed by atoms with Crippen LogP contribution in [0.5, 0.6) is 0 Å². The third-order valence-electron chi connectivity index (χ3n) is 24.7. The molecular weight excluding hydrogens is 1700 g/mol. The molecule has 0 bridgehead atoms. The predicted molar refractivity (Wildman–Crippen MR) is 552 cm³/mol. The van der Waals surface area contributed by atoms with E-state index in [1.165, 1.54) is 100 Å². The molecule has 0 saturated carbocycles. The first-order valence-electron chi connectivity index (χ1n) is 44.3. The summed E-state index contributed by atoms with van der Waals surface area (Å²) in [5, 5.41) is 0. The van der Waals surface area contributed by atoms with Gasteiger partial charge in [-0.2, -0.15) is 0 Å². The van der Waals surface area contributed by atoms with Crippen LogP contribution >= 0.6 is 31.9 Å². The number of hydrogen-bond donors (Lipinski definition) is 0. The highest BCUT2D eigenvalue weighted by Crippen LogP contribution is 2.61. The summed E-state index contributed by atoms with van der Waals surface area (Å²) in [4.78, 5) is 14.5. The molecule has 18 aromatic carbocycles. The van der Waals surface area contributed by atoms with Crippen molar-refractivity contribution < 1.29 is 0 Å². The molecule has 0 N–H and O–H groups in total. The lowest BCUT2D eigenvalue weighted by atomic mass is 9.79. The average Bonchev–Trinajstić information content (AvgIpc) is 0.713. The van der Waals surface area contributed by atoms with Gasteiger partial charge in [-0.1, -0.05) is 377 Å². The zero-order chi connectivity index (χ0) is 87.7. The van der Waals surface area contributed by atoms with Gasteiger partial charge in [-0.3, -0.25) is 0 Å². The van der Waals surface area contributed by atoms with Gasteiger partial charge < -0.3 is 29.4 Å². The Bertz CT molecular complexity index is 6750. The molecule has 0 fully saturated rings. The molecule has 0 amide bonds. The number of anilines is 18. The van der Waals surface area contributed by atoms with E-state index >= 15 is 0 Å². The highest BCUT2D eigenvalue weighted by molar-refractivity contribution is 9.11. The van der Waals surface area contributed by atoms with E-state index in [2.05, 4.69) is 564 Å². The van der Waals surface area contributed by atoms with E-state index < -0.39 is 0 Å². The van der Waals surface area contributed by atoms with Gasteiger partial charge in [0, 0.05) is 116 Å². The molecule has 0 aromatic heterocycles. The SMILES string of the molecule is CC(C)(C)c1ccc(N2c3ccccc3C(=C3c4ccccc4N(c4cc(Br)cc(Br)c4)c4ccccc43)c3ccccc32)cc1.CC(C)(C)c1ccc(N2c3ccccc3C(=C3c4ccccc4N(c4cc(N(c5ccccc5)c5ccccc5)cc(N(c5ccccc5)c5ccccc5)c4)c4ccccc43)c3ccccc32)cc1.c1ccc(Cc2ccccc2)cc1. The number of fused-ring (bicyclic) bond motifs is 8. The maximum Gasteiger partial charge on any atom is 0.0540 e. The maximum atomic E-state index is 3.74. The summed E-state index contributed by atoms with van der Waals surface area (Å²) in [7, 11) is 0. The van der Waals surface area contributed by atoms with Crippen LogP contribution < -0.4 is 29.4 Å². The summed E-state index contributed by atoms with van der Waals surface area (Å²) in [6.07, 6.45) is 1.03. The lowest BCUT2D eigenvalue weighted by Gasteiger charge is -2.40. The quantitative estimate of drug-likeness (QED) is 0.121. The van der Waals surface area contributed by atoms with Gasteiger partial charge in [0.2, 0.25) is 0 Å². The van der Waals surface area contributed by atoms with Crippen LogP contribution in [0.1, 0.15) is 108 Å². The minimum atomic E-state index is 0.0543. The molecule has 0 radical (unpaired) electrons. The number of hydrogen-bond acceptors (Lipinski definition) is 6. The highest BCUT2D eigenvalue weighted by Gasteiger charge is 2.39. The highest BCUT2D eigenvalue weighted by atomic mass is 79.9. The number of halogens is 2. The minimum Gasteiger partial charge on any atom is -0.310 e. The number of rotatable bonds is 12. The zero-order valence-corrected chi connectivity index (χ0v) is 76.2. The summed E-state index contributed by atoms with van der Waals surface area (Å²) in [6, 6.07) is 167. The first kappa shape index (κ1) is 82.5. The van der Waals surface area contributed by atoms with E-state index in [1.807, 2.05) is 0 Å². The molecule has 624 valence electrons. The van der Waals surface area contributed by atoms with E-state index in [-0.39, 0.29) is 10.8 Å². The van der Waals surface area contributed by atoms with Crippen molar-refractivity contribution in [3.8, 4) is 0 Å². The Labute approximate surface area is 775 Å². The standard InChI is InChI=1S/C66H52N4.C42H32Br2N2.C13H12/c1-66(2,3)47-40-42-52(43-41-47)69-60-36-20-16-32-56(60)64(57-33-17-21-37-61(57)69)65-58-34-18-22-38-62(58)70(63-39-23-19-35-59(63)65)55-45-53(67(48-24-8-4-9-25-48)49-26-10-5-11-27-49)44-54(46-55)68(50-28-12-6-13-29-50)51-30-14-7-15-31-51;1-42(2,3)27-20-22-30(23-21-27)45-36-16-8-4-12-32(36)40(33-13-5-9-17-37(33)45)41-34-14-6-10-18-38(34)46(39-19-11-7-15-35(39)41)31-25-28(43)24-29(44)26-31;1-3-7-12(8-4-1)11-13-9-5-2-6-10-13/h4-46H,1-3H3;4-26H,1-3H3;1-10H,11H2. The molecule has 4 heterocycles. The third kappa shape index (κ3) is 16.3. The molecule has 6 nitrogen and oxygen atoms in total. The molecule has 0 atom stereocenters. The lowest BCUT2D eigenvalue weighted by Crippen LogP contribution is -2.22. The first-order valence-corrected chi connectivity index (χ1v) is 45.9. The Hall–Kier alpha value is -14.8. The summed E-state index contributed by atoms with van der Waals surface area (Å²) < 4.78 is 2.06. The zero-order valence-electron chi connectivity index (χ0n) is 73.0. The molecular formula is C121H96Br2N6. The van der Waals surface area contributed by atoms with Gasteiger partial charge in [-0.25, -0.2) is 0 Å². The van der Waals surface area contributed by atoms with Gasteiger partial charge in [0.05, 0.1) is 62.6 Å². The molecule has 129 heavy (non-hydrogen) atoms. The summed E-state index contributed by atoms with van der Waals surface area (Å²) >= 11 is 7.48. The van der Waals surface area contributed by atoms with Crippen LogP contribution in [0.2, 0.25) is 0 Å². The van der Waals surface area contributed by atoms with Crippen LogP contribution in [0, 0.1) is 0 Å². The average molecular weight is 1790 g/mol. The second kappa shape index (κ2) is 35.6. The molecule has 18 aromatic rings. The summed E-state index contributed by atoms with van der Waals surface area (Å²) in [5.41, 5.74) is 40.1. The van der Waals surface area contributed by atoms with Gasteiger partial charge in [-0.05, 0) is 197 Å². The van der Waals surface area contributed by atoms with Crippen molar-refractivity contribution >= 4 is 157 Å². The summed E-state index contributed by atoms with van der Waals surface area (Å²) in [6.45, 7) is 13.6.